The van der Waals surface area contributed by atoms with E-state index in [2.05, 4.69) is 78.3 Å². The van der Waals surface area contributed by atoms with Crippen molar-refractivity contribution in [1.82, 2.24) is 4.13 Å². The van der Waals surface area contributed by atoms with Gasteiger partial charge in [0.2, 0.25) is 0 Å². The summed E-state index contributed by atoms with van der Waals surface area (Å²) in [4.78, 5) is -1.05. The van der Waals surface area contributed by atoms with Crippen LogP contribution in [-0.4, -0.2) is 41.7 Å². The number of hydrogen-bond donors (Lipinski definition) is 1. The van der Waals surface area contributed by atoms with Gasteiger partial charge in [-0.3, -0.25) is 0 Å². The molecule has 1 N–H and O–H groups in total. The van der Waals surface area contributed by atoms with Crippen molar-refractivity contribution in [2.24, 2.45) is 0 Å². The molecule has 392 valence electrons. The molecule has 1 aliphatic rings. The van der Waals surface area contributed by atoms with Crippen LogP contribution in [0.4, 0.5) is 26.3 Å². The van der Waals surface area contributed by atoms with E-state index >= 15 is 26.3 Å². The largest absolute Gasteiger partial charge is 0.456 e. The molecule has 0 aromatic heterocycles. The predicted molar refractivity (Wildman–Crippen MR) is 276 cm³/mol. The normalized spacial score (nSPS) is 13.9. The van der Waals surface area contributed by atoms with Crippen LogP contribution in [0.15, 0.2) is 133 Å². The van der Waals surface area contributed by atoms with Gasteiger partial charge < -0.3 is 8.92 Å². The van der Waals surface area contributed by atoms with Crippen LogP contribution in [0.3, 0.4) is 0 Å². The highest BCUT2D eigenvalue weighted by molar-refractivity contribution is 8.05. The fourth-order valence-electron chi connectivity index (χ4n) is 8.98. The standard InChI is InChI=1S/C56H55F6NO8S3/c1-10-37-21-25-40(26-22-37)71-74(68,69)56(61,62)54(57,58)55(59,60)73(66,67)63-72(64,65)52-20-12-11-15-47(52)53-45-27-23-38(29-48-41(33(2)3)16-13-17-42(48)34(4)5)31-50(45)70-51-32-39(24-28-46(51)53)30-49-43(35(6)7)18-14-19-44(49)36(8)9/h10-29,31-36,63H,1,30H2,2-9H3/b38-29+. The number of sulfonamides is 2. The van der Waals surface area contributed by atoms with E-state index in [-0.39, 0.29) is 57.1 Å². The molecule has 0 amide bonds. The Morgan fingerprint density at radius 2 is 1.16 bits per heavy atom. The Morgan fingerprint density at radius 3 is 1.72 bits per heavy atom. The fraction of sp³-hybridized carbons (Fsp3) is 0.286. The highest BCUT2D eigenvalue weighted by Gasteiger charge is 2.83. The molecule has 74 heavy (non-hydrogen) atoms. The Morgan fingerprint density at radius 1 is 0.608 bits per heavy atom. The summed E-state index contributed by atoms with van der Waals surface area (Å²) in [6.45, 7) is 20.1. The molecule has 7 rings (SSSR count). The van der Waals surface area contributed by atoms with Crippen LogP contribution in [0, 0.1) is 0 Å². The van der Waals surface area contributed by atoms with Crippen LogP contribution in [0.5, 0.6) is 17.2 Å². The first-order chi connectivity index (χ1) is 34.5. The molecule has 0 atom stereocenters. The first-order valence-corrected chi connectivity index (χ1v) is 27.9. The maximum Gasteiger partial charge on any atom is 0.450 e. The van der Waals surface area contributed by atoms with Crippen molar-refractivity contribution < 1.29 is 60.5 Å². The van der Waals surface area contributed by atoms with Gasteiger partial charge in [0.25, 0.3) is 20.0 Å². The van der Waals surface area contributed by atoms with E-state index in [9.17, 15) is 25.3 Å². The maximum atomic E-state index is 15.7. The third-order valence-corrected chi connectivity index (χ3v) is 17.7. The van der Waals surface area contributed by atoms with Crippen molar-refractivity contribution in [3.8, 4) is 17.2 Å². The van der Waals surface area contributed by atoms with E-state index in [1.165, 1.54) is 18.2 Å². The molecule has 6 aromatic carbocycles. The number of alkyl halides is 6. The summed E-state index contributed by atoms with van der Waals surface area (Å²) < 4.78 is 184. The Bertz CT molecular complexity index is 3580. The zero-order valence-electron chi connectivity index (χ0n) is 41.7. The Kier molecular flexibility index (Phi) is 15.4. The maximum absolute atomic E-state index is 15.7. The summed E-state index contributed by atoms with van der Waals surface area (Å²) in [7, 11) is -20.6. The van der Waals surface area contributed by atoms with Crippen LogP contribution in [-0.2, 0) is 36.6 Å². The molecule has 0 aliphatic carbocycles. The van der Waals surface area contributed by atoms with Crippen molar-refractivity contribution in [2.75, 3.05) is 0 Å². The summed E-state index contributed by atoms with van der Waals surface area (Å²) in [6.07, 6.45) is 3.70. The van der Waals surface area contributed by atoms with Gasteiger partial charge in [-0.15, -0.1) is 0 Å². The molecule has 0 spiro atoms. The Balaban J connectivity index is 1.38. The van der Waals surface area contributed by atoms with Crippen LogP contribution in [0.1, 0.15) is 135 Å². The van der Waals surface area contributed by atoms with Crippen molar-refractivity contribution in [3.63, 3.8) is 0 Å². The summed E-state index contributed by atoms with van der Waals surface area (Å²) in [5, 5.41) is -13.2. The molecule has 0 bridgehead atoms. The van der Waals surface area contributed by atoms with Crippen molar-refractivity contribution in [3.05, 3.63) is 194 Å². The van der Waals surface area contributed by atoms with Gasteiger partial charge in [-0.05, 0) is 122 Å². The molecular weight excluding hydrogens is 1020 g/mol. The average molecular weight is 1080 g/mol. The molecule has 6 aromatic rings. The predicted octanol–water partition coefficient (Wildman–Crippen LogP) is 12.4. The van der Waals surface area contributed by atoms with Gasteiger partial charge in [-0.25, -0.2) is 16.8 Å². The lowest BCUT2D eigenvalue weighted by molar-refractivity contribution is -0.245. The van der Waals surface area contributed by atoms with Crippen LogP contribution < -0.4 is 23.5 Å². The average Bonchev–Trinajstić information content (AvgIpc) is 3.32. The summed E-state index contributed by atoms with van der Waals surface area (Å²) >= 11 is 0. The lowest BCUT2D eigenvalue weighted by atomic mass is 9.85. The number of benzene rings is 6. The molecule has 0 saturated heterocycles. The minimum Gasteiger partial charge on any atom is -0.456 e. The first kappa shape index (κ1) is 55.5. The van der Waals surface area contributed by atoms with Crippen molar-refractivity contribution in [2.45, 2.75) is 107 Å². The highest BCUT2D eigenvalue weighted by atomic mass is 32.3. The molecule has 0 unspecified atom stereocenters. The van der Waals surface area contributed by atoms with Gasteiger partial charge in [0.15, 0.2) is 0 Å². The molecule has 0 saturated carbocycles. The van der Waals surface area contributed by atoms with Crippen molar-refractivity contribution >= 4 is 47.9 Å². The lowest BCUT2D eigenvalue weighted by Crippen LogP contribution is -2.63. The van der Waals surface area contributed by atoms with E-state index < -0.39 is 57.2 Å². The number of fused-ring (bicyclic) bond motifs is 2. The highest BCUT2D eigenvalue weighted by Crippen LogP contribution is 2.51. The number of halogens is 6. The van der Waals surface area contributed by atoms with Gasteiger partial charge in [-0.2, -0.15) is 34.8 Å². The van der Waals surface area contributed by atoms with Gasteiger partial charge in [-0.1, -0.05) is 157 Å². The Hall–Kier alpha value is -6.21. The molecule has 9 nitrogen and oxygen atoms in total. The minimum atomic E-state index is -7.50. The van der Waals surface area contributed by atoms with Crippen LogP contribution in [0.25, 0.3) is 17.7 Å². The SMILES string of the molecule is C=Cc1ccc(OS(=O)(=O)C(F)(F)C(F)(F)C(F)(F)S(=O)(=O)NS(=O)(=O)c2ccccc2C2=c3cc/c(=C\c4c(C(C)C)cccc4C(C)C)cc3Oc3cc(Cc4c(C(C)C)cccc4C(C)C)ccc32)cc1. The van der Waals surface area contributed by atoms with Gasteiger partial charge in [0, 0.05) is 21.9 Å². The second kappa shape index (κ2) is 20.5. The second-order valence-corrected chi connectivity index (χ2v) is 24.5. The molecule has 1 aliphatic heterocycles. The van der Waals surface area contributed by atoms with Gasteiger partial charge in [0.1, 0.15) is 17.2 Å². The summed E-state index contributed by atoms with van der Waals surface area (Å²) in [5.41, 5.74) is 7.62. The first-order valence-electron chi connectivity index (χ1n) is 23.6. The lowest BCUT2D eigenvalue weighted by Gasteiger charge is -2.31. The zero-order chi connectivity index (χ0) is 54.5. The summed E-state index contributed by atoms with van der Waals surface area (Å²) in [5.74, 6) is -7.32. The van der Waals surface area contributed by atoms with Crippen LogP contribution in [0.2, 0.25) is 0 Å². The van der Waals surface area contributed by atoms with Gasteiger partial charge >= 0.3 is 26.5 Å². The number of hydrogen-bond acceptors (Lipinski definition) is 8. The van der Waals surface area contributed by atoms with Crippen LogP contribution >= 0.6 is 0 Å². The monoisotopic (exact) mass is 1080 g/mol. The molecule has 0 fully saturated rings. The Labute approximate surface area is 428 Å². The van der Waals surface area contributed by atoms with E-state index in [4.69, 9.17) is 4.74 Å². The van der Waals surface area contributed by atoms with Gasteiger partial charge in [0.05, 0.1) is 4.90 Å². The summed E-state index contributed by atoms with van der Waals surface area (Å²) in [6, 6.07) is 30.6. The fourth-order valence-corrected chi connectivity index (χ4v) is 13.1. The smallest absolute Gasteiger partial charge is 0.450 e. The van der Waals surface area contributed by atoms with E-state index in [0.29, 0.717) is 21.3 Å². The molecule has 18 heteroatoms. The van der Waals surface area contributed by atoms with E-state index in [0.717, 1.165) is 75.3 Å². The van der Waals surface area contributed by atoms with E-state index in [1.54, 1.807) is 36.4 Å². The zero-order valence-corrected chi connectivity index (χ0v) is 44.1. The quantitative estimate of drug-likeness (QED) is 0.0664. The number of nitrogens with one attached hydrogen (secondary N) is 1. The third-order valence-electron chi connectivity index (χ3n) is 12.8. The van der Waals surface area contributed by atoms with E-state index in [1.807, 2.05) is 30.3 Å². The molecule has 0 radical (unpaired) electrons. The molecule has 1 heterocycles. The topological polar surface area (TPSA) is 133 Å². The molecular formula is C56H55F6NO8S3. The van der Waals surface area contributed by atoms with Crippen molar-refractivity contribution in [1.29, 1.82) is 0 Å². The minimum absolute atomic E-state index is 0.0848. The number of ether oxygens (including phenoxy) is 1. The number of rotatable bonds is 18. The third kappa shape index (κ3) is 10.3. The second-order valence-electron chi connectivity index (χ2n) is 19.3.